The summed E-state index contributed by atoms with van der Waals surface area (Å²) in [6, 6.07) is 16.4. The van der Waals surface area contributed by atoms with Crippen molar-refractivity contribution < 1.29 is 33.6 Å². The molecule has 198 valence electrons. The monoisotopic (exact) mass is 517 g/mol. The number of methoxy groups -OCH3 is 3. The summed E-state index contributed by atoms with van der Waals surface area (Å²) in [5.74, 6) is -0.147. The van der Waals surface area contributed by atoms with Gasteiger partial charge in [0.25, 0.3) is 11.7 Å². The zero-order valence-electron chi connectivity index (χ0n) is 22.3. The van der Waals surface area contributed by atoms with Crippen molar-refractivity contribution in [3.63, 3.8) is 0 Å². The fourth-order valence-corrected chi connectivity index (χ4v) is 4.61. The predicted octanol–water partition coefficient (Wildman–Crippen LogP) is 5.43. The molecule has 1 fully saturated rings. The van der Waals surface area contributed by atoms with E-state index in [9.17, 15) is 14.7 Å². The quantitative estimate of drug-likeness (QED) is 0.242. The van der Waals surface area contributed by atoms with Crippen LogP contribution < -0.4 is 23.8 Å². The number of hydrogen-bond donors (Lipinski definition) is 1. The van der Waals surface area contributed by atoms with Crippen LogP contribution in [0.4, 0.5) is 5.69 Å². The molecular formula is C30H31NO7. The smallest absolute Gasteiger partial charge is 0.300 e. The molecule has 0 radical (unpaired) electrons. The highest BCUT2D eigenvalue weighted by atomic mass is 16.5. The summed E-state index contributed by atoms with van der Waals surface area (Å²) in [6.45, 7) is 5.69. The first kappa shape index (κ1) is 26.6. The standard InChI is InChI=1S/C30H31NO7/c1-17(2)38-21-13-11-19(12-14-21)27(32)25-26(20-15-23(35-4)29(37-6)24(16-20)36-5)31(30(34)28(25)33)22-10-8-7-9-18(22)3/h7-17,26,32H,1-6H3/b27-25+. The second-order valence-electron chi connectivity index (χ2n) is 9.11. The minimum atomic E-state index is -0.962. The van der Waals surface area contributed by atoms with Gasteiger partial charge in [0.1, 0.15) is 11.5 Å². The van der Waals surface area contributed by atoms with Crippen LogP contribution in [0.2, 0.25) is 0 Å². The molecule has 0 spiro atoms. The van der Waals surface area contributed by atoms with Gasteiger partial charge >= 0.3 is 0 Å². The fourth-order valence-electron chi connectivity index (χ4n) is 4.61. The van der Waals surface area contributed by atoms with Crippen molar-refractivity contribution in [1.82, 2.24) is 0 Å². The Morgan fingerprint density at radius 1 is 0.895 bits per heavy atom. The molecule has 1 aliphatic rings. The maximum Gasteiger partial charge on any atom is 0.300 e. The molecule has 3 aromatic rings. The fraction of sp³-hybridized carbons (Fsp3) is 0.267. The van der Waals surface area contributed by atoms with E-state index in [4.69, 9.17) is 18.9 Å². The minimum Gasteiger partial charge on any atom is -0.507 e. The number of aliphatic hydroxyl groups is 1. The lowest BCUT2D eigenvalue weighted by Crippen LogP contribution is -2.30. The molecule has 1 N–H and O–H groups in total. The lowest BCUT2D eigenvalue weighted by atomic mass is 9.94. The number of Topliss-reactive ketones (excluding diaryl/α,β-unsaturated/α-hetero) is 1. The molecule has 0 bridgehead atoms. The number of carbonyl (C=O) groups excluding carboxylic acids is 2. The van der Waals surface area contributed by atoms with E-state index in [2.05, 4.69) is 0 Å². The van der Waals surface area contributed by atoms with Crippen LogP contribution in [-0.4, -0.2) is 44.2 Å². The summed E-state index contributed by atoms with van der Waals surface area (Å²) in [4.78, 5) is 28.4. The highest BCUT2D eigenvalue weighted by Gasteiger charge is 2.47. The molecule has 38 heavy (non-hydrogen) atoms. The van der Waals surface area contributed by atoms with Gasteiger partial charge in [0.15, 0.2) is 11.5 Å². The van der Waals surface area contributed by atoms with Crippen LogP contribution in [0.15, 0.2) is 66.2 Å². The number of anilines is 1. The number of amides is 1. The lowest BCUT2D eigenvalue weighted by molar-refractivity contribution is -0.132. The Labute approximate surface area is 222 Å². The summed E-state index contributed by atoms with van der Waals surface area (Å²) in [5.41, 5.74) is 2.17. The summed E-state index contributed by atoms with van der Waals surface area (Å²) in [7, 11) is 4.46. The average molecular weight is 518 g/mol. The van der Waals surface area contributed by atoms with Gasteiger partial charge in [-0.3, -0.25) is 14.5 Å². The summed E-state index contributed by atoms with van der Waals surface area (Å²) < 4.78 is 22.2. The van der Waals surface area contributed by atoms with E-state index in [1.54, 1.807) is 48.5 Å². The predicted molar refractivity (Wildman–Crippen MR) is 144 cm³/mol. The second kappa shape index (κ2) is 10.9. The number of aliphatic hydroxyl groups excluding tert-OH is 1. The van der Waals surface area contributed by atoms with Gasteiger partial charge in [-0.25, -0.2) is 0 Å². The molecule has 8 heteroatoms. The van der Waals surface area contributed by atoms with E-state index in [0.29, 0.717) is 39.8 Å². The van der Waals surface area contributed by atoms with Gasteiger partial charge < -0.3 is 24.1 Å². The topological polar surface area (TPSA) is 94.5 Å². The van der Waals surface area contributed by atoms with Gasteiger partial charge in [-0.1, -0.05) is 18.2 Å². The van der Waals surface area contributed by atoms with Gasteiger partial charge in [-0.15, -0.1) is 0 Å². The number of hydrogen-bond acceptors (Lipinski definition) is 7. The average Bonchev–Trinajstić information content (AvgIpc) is 3.17. The number of ketones is 1. The van der Waals surface area contributed by atoms with Crippen molar-refractivity contribution >= 4 is 23.1 Å². The molecule has 4 rings (SSSR count). The van der Waals surface area contributed by atoms with E-state index >= 15 is 0 Å². The largest absolute Gasteiger partial charge is 0.507 e. The van der Waals surface area contributed by atoms with Crippen molar-refractivity contribution in [3.8, 4) is 23.0 Å². The Bertz CT molecular complexity index is 1370. The first-order valence-corrected chi connectivity index (χ1v) is 12.1. The third-order valence-corrected chi connectivity index (χ3v) is 6.32. The van der Waals surface area contributed by atoms with Crippen molar-refractivity contribution in [2.24, 2.45) is 0 Å². The van der Waals surface area contributed by atoms with Gasteiger partial charge in [-0.2, -0.15) is 0 Å². The number of carbonyl (C=O) groups is 2. The number of nitrogens with zero attached hydrogens (tertiary/aromatic N) is 1. The number of aryl methyl sites for hydroxylation is 1. The highest BCUT2D eigenvalue weighted by molar-refractivity contribution is 6.51. The Balaban J connectivity index is 1.97. The van der Waals surface area contributed by atoms with Crippen molar-refractivity contribution in [2.75, 3.05) is 26.2 Å². The van der Waals surface area contributed by atoms with Crippen molar-refractivity contribution in [3.05, 3.63) is 82.9 Å². The molecule has 1 amide bonds. The number of para-hydroxylation sites is 1. The minimum absolute atomic E-state index is 0.0195. The van der Waals surface area contributed by atoms with E-state index < -0.39 is 17.7 Å². The molecule has 0 aromatic heterocycles. The van der Waals surface area contributed by atoms with Gasteiger partial charge in [0, 0.05) is 11.3 Å². The van der Waals surface area contributed by atoms with E-state index in [-0.39, 0.29) is 17.4 Å². The number of rotatable bonds is 8. The number of ether oxygens (including phenoxy) is 4. The SMILES string of the molecule is COc1cc(C2/C(=C(\O)c3ccc(OC(C)C)cc3)C(=O)C(=O)N2c2ccccc2C)cc(OC)c1OC. The zero-order valence-corrected chi connectivity index (χ0v) is 22.3. The first-order chi connectivity index (χ1) is 18.2. The third kappa shape index (κ3) is 4.77. The van der Waals surface area contributed by atoms with Crippen LogP contribution in [0.25, 0.3) is 5.76 Å². The summed E-state index contributed by atoms with van der Waals surface area (Å²) in [5, 5.41) is 11.5. The molecule has 1 unspecified atom stereocenters. The van der Waals surface area contributed by atoms with Crippen LogP contribution in [0.3, 0.4) is 0 Å². The summed E-state index contributed by atoms with van der Waals surface area (Å²) >= 11 is 0. The molecule has 0 saturated carbocycles. The van der Waals surface area contributed by atoms with E-state index in [0.717, 1.165) is 5.56 Å². The molecule has 1 aliphatic heterocycles. The van der Waals surface area contributed by atoms with Crippen LogP contribution in [0, 0.1) is 6.92 Å². The summed E-state index contributed by atoms with van der Waals surface area (Å²) in [6.07, 6.45) is -0.0195. The molecule has 1 saturated heterocycles. The zero-order chi connectivity index (χ0) is 27.6. The maximum atomic E-state index is 13.5. The Kier molecular flexibility index (Phi) is 7.62. The van der Waals surface area contributed by atoms with Crippen molar-refractivity contribution in [1.29, 1.82) is 0 Å². The highest BCUT2D eigenvalue weighted by Crippen LogP contribution is 2.47. The molecule has 3 aromatic carbocycles. The normalized spacial score (nSPS) is 16.6. The molecule has 1 atom stereocenters. The Hall–Kier alpha value is -4.46. The third-order valence-electron chi connectivity index (χ3n) is 6.32. The van der Waals surface area contributed by atoms with E-state index in [1.807, 2.05) is 32.9 Å². The maximum absolute atomic E-state index is 13.5. The van der Waals surface area contributed by atoms with E-state index in [1.165, 1.54) is 26.2 Å². The lowest BCUT2D eigenvalue weighted by Gasteiger charge is -2.27. The first-order valence-electron chi connectivity index (χ1n) is 12.1. The Morgan fingerprint density at radius 3 is 2.03 bits per heavy atom. The Morgan fingerprint density at radius 2 is 1.50 bits per heavy atom. The molecule has 1 heterocycles. The van der Waals surface area contributed by atoms with Crippen LogP contribution >= 0.6 is 0 Å². The van der Waals surface area contributed by atoms with Crippen LogP contribution in [-0.2, 0) is 9.59 Å². The second-order valence-corrected chi connectivity index (χ2v) is 9.11. The van der Waals surface area contributed by atoms with Gasteiger partial charge in [0.05, 0.1) is 39.0 Å². The van der Waals surface area contributed by atoms with Crippen LogP contribution in [0.5, 0.6) is 23.0 Å². The molecule has 8 nitrogen and oxygen atoms in total. The molecular weight excluding hydrogens is 486 g/mol. The molecule has 0 aliphatic carbocycles. The van der Waals surface area contributed by atoms with Crippen LogP contribution in [0.1, 0.15) is 36.6 Å². The number of benzene rings is 3. The van der Waals surface area contributed by atoms with Gasteiger partial charge in [0.2, 0.25) is 5.75 Å². The van der Waals surface area contributed by atoms with Gasteiger partial charge in [-0.05, 0) is 74.4 Å². The van der Waals surface area contributed by atoms with Crippen molar-refractivity contribution in [2.45, 2.75) is 32.9 Å².